The Balaban J connectivity index is 2.26. The first kappa shape index (κ1) is 12.9. The predicted molar refractivity (Wildman–Crippen MR) is 66.9 cm³/mol. The maximum absolute atomic E-state index is 9.57. The Morgan fingerprint density at radius 3 is 2.06 bits per heavy atom. The van der Waals surface area contributed by atoms with E-state index in [9.17, 15) is 10.2 Å². The Labute approximate surface area is 97.9 Å². The maximum atomic E-state index is 9.57. The third-order valence-electron chi connectivity index (χ3n) is 2.91. The normalized spacial score (nSPS) is 10.6. The van der Waals surface area contributed by atoms with Crippen LogP contribution in [0.2, 0.25) is 0 Å². The molecule has 2 N–H and O–H groups in total. The average molecular weight is 222 g/mol. The van der Waals surface area contributed by atoms with Gasteiger partial charge in [0.15, 0.2) is 0 Å². The predicted octanol–water partition coefficient (Wildman–Crippen LogP) is 4.00. The lowest BCUT2D eigenvalue weighted by Crippen LogP contribution is -1.88. The van der Waals surface area contributed by atoms with Gasteiger partial charge in [-0.2, -0.15) is 0 Å². The quantitative estimate of drug-likeness (QED) is 0.684. The van der Waals surface area contributed by atoms with Crippen LogP contribution in [0.3, 0.4) is 0 Å². The maximum Gasteiger partial charge on any atom is 0.122 e. The minimum atomic E-state index is 0.216. The van der Waals surface area contributed by atoms with Crippen molar-refractivity contribution in [3.8, 4) is 11.5 Å². The summed E-state index contributed by atoms with van der Waals surface area (Å²) in [4.78, 5) is 0. The minimum Gasteiger partial charge on any atom is -0.508 e. The summed E-state index contributed by atoms with van der Waals surface area (Å²) in [6.45, 7) is 2.21. The number of hydrogen-bond acceptors (Lipinski definition) is 2. The van der Waals surface area contributed by atoms with Gasteiger partial charge in [0.05, 0.1) is 0 Å². The van der Waals surface area contributed by atoms with Crippen LogP contribution in [-0.4, -0.2) is 10.2 Å². The molecule has 90 valence electrons. The van der Waals surface area contributed by atoms with Crippen molar-refractivity contribution in [3.63, 3.8) is 0 Å². The van der Waals surface area contributed by atoms with Gasteiger partial charge in [-0.3, -0.25) is 0 Å². The number of phenols is 2. The molecule has 0 fully saturated rings. The Kier molecular flexibility index (Phi) is 5.76. The molecule has 0 aliphatic heterocycles. The third kappa shape index (κ3) is 4.13. The van der Waals surface area contributed by atoms with Crippen LogP contribution in [-0.2, 0) is 6.42 Å². The molecule has 1 aromatic carbocycles. The van der Waals surface area contributed by atoms with Crippen LogP contribution in [0.15, 0.2) is 18.2 Å². The van der Waals surface area contributed by atoms with Crippen LogP contribution >= 0.6 is 0 Å². The third-order valence-corrected chi connectivity index (χ3v) is 2.91. The highest BCUT2D eigenvalue weighted by Crippen LogP contribution is 2.28. The summed E-state index contributed by atoms with van der Waals surface area (Å²) in [7, 11) is 0. The first-order valence-corrected chi connectivity index (χ1v) is 6.25. The van der Waals surface area contributed by atoms with E-state index in [2.05, 4.69) is 6.92 Å². The molecular weight excluding hydrogens is 200 g/mol. The molecule has 0 unspecified atom stereocenters. The Bertz CT molecular complexity index is 287. The summed E-state index contributed by atoms with van der Waals surface area (Å²) in [6.07, 6.45) is 8.10. The van der Waals surface area contributed by atoms with Crippen LogP contribution in [0.1, 0.15) is 51.0 Å². The molecule has 0 amide bonds. The highest BCUT2D eigenvalue weighted by atomic mass is 16.3. The number of rotatable bonds is 7. The van der Waals surface area contributed by atoms with Crippen LogP contribution in [0.25, 0.3) is 0 Å². The molecule has 0 radical (unpaired) electrons. The second-order valence-electron chi connectivity index (χ2n) is 4.29. The minimum absolute atomic E-state index is 0.216. The van der Waals surface area contributed by atoms with Crippen LogP contribution in [0, 0.1) is 0 Å². The summed E-state index contributed by atoms with van der Waals surface area (Å²) in [6, 6.07) is 4.92. The van der Waals surface area contributed by atoms with E-state index in [4.69, 9.17) is 0 Å². The second kappa shape index (κ2) is 7.15. The molecule has 0 saturated heterocycles. The van der Waals surface area contributed by atoms with Crippen molar-refractivity contribution in [3.05, 3.63) is 23.8 Å². The van der Waals surface area contributed by atoms with Gasteiger partial charge in [0.1, 0.15) is 11.5 Å². The van der Waals surface area contributed by atoms with Gasteiger partial charge in [0, 0.05) is 5.56 Å². The van der Waals surface area contributed by atoms with Crippen molar-refractivity contribution in [2.75, 3.05) is 0 Å². The van der Waals surface area contributed by atoms with Gasteiger partial charge in [-0.25, -0.2) is 0 Å². The number of hydrogen-bond donors (Lipinski definition) is 2. The molecule has 0 aliphatic rings. The van der Waals surface area contributed by atoms with Gasteiger partial charge in [-0.05, 0) is 25.0 Å². The topological polar surface area (TPSA) is 40.5 Å². The Hall–Kier alpha value is -1.18. The molecule has 16 heavy (non-hydrogen) atoms. The van der Waals surface area contributed by atoms with Crippen LogP contribution < -0.4 is 0 Å². The number of aromatic hydroxyl groups is 2. The summed E-state index contributed by atoms with van der Waals surface area (Å²) < 4.78 is 0. The highest BCUT2D eigenvalue weighted by Gasteiger charge is 2.05. The van der Waals surface area contributed by atoms with Gasteiger partial charge in [0.25, 0.3) is 0 Å². The zero-order chi connectivity index (χ0) is 11.8. The molecule has 1 rings (SSSR count). The molecule has 2 heteroatoms. The standard InChI is InChI=1S/C14H22O2/c1-2-3-4-5-6-7-9-12-13(15)10-8-11-14(12)16/h8,10-11,15-16H,2-7,9H2,1H3. The SMILES string of the molecule is CCCCCCCCc1c(O)cccc1O. The molecule has 2 nitrogen and oxygen atoms in total. The lowest BCUT2D eigenvalue weighted by Gasteiger charge is -2.06. The zero-order valence-corrected chi connectivity index (χ0v) is 10.1. The van der Waals surface area contributed by atoms with Gasteiger partial charge in [0.2, 0.25) is 0 Å². The average Bonchev–Trinajstić information content (AvgIpc) is 2.26. The molecule has 0 heterocycles. The Morgan fingerprint density at radius 2 is 1.44 bits per heavy atom. The van der Waals surface area contributed by atoms with E-state index in [-0.39, 0.29) is 11.5 Å². The largest absolute Gasteiger partial charge is 0.508 e. The highest BCUT2D eigenvalue weighted by molar-refractivity contribution is 5.42. The van der Waals surface area contributed by atoms with E-state index >= 15 is 0 Å². The molecule has 0 spiro atoms. The van der Waals surface area contributed by atoms with Crippen molar-refractivity contribution in [1.29, 1.82) is 0 Å². The fraction of sp³-hybridized carbons (Fsp3) is 0.571. The molecule has 1 aromatic rings. The van der Waals surface area contributed by atoms with Crippen LogP contribution in [0.4, 0.5) is 0 Å². The first-order chi connectivity index (χ1) is 7.75. The van der Waals surface area contributed by atoms with Gasteiger partial charge >= 0.3 is 0 Å². The van der Waals surface area contributed by atoms with Crippen LogP contribution in [0.5, 0.6) is 11.5 Å². The van der Waals surface area contributed by atoms with Crippen molar-refractivity contribution < 1.29 is 10.2 Å². The van der Waals surface area contributed by atoms with E-state index in [1.807, 2.05) is 0 Å². The van der Waals surface area contributed by atoms with Crippen molar-refractivity contribution in [2.45, 2.75) is 51.9 Å². The Morgan fingerprint density at radius 1 is 0.875 bits per heavy atom. The van der Waals surface area contributed by atoms with E-state index in [0.717, 1.165) is 12.8 Å². The van der Waals surface area contributed by atoms with Crippen molar-refractivity contribution in [2.24, 2.45) is 0 Å². The number of benzene rings is 1. The fourth-order valence-corrected chi connectivity index (χ4v) is 1.90. The number of unbranched alkanes of at least 4 members (excludes halogenated alkanes) is 5. The summed E-state index contributed by atoms with van der Waals surface area (Å²) in [5.74, 6) is 0.433. The fourth-order valence-electron chi connectivity index (χ4n) is 1.90. The molecule has 0 bridgehead atoms. The molecule has 0 aliphatic carbocycles. The second-order valence-corrected chi connectivity index (χ2v) is 4.29. The van der Waals surface area contributed by atoms with E-state index in [1.54, 1.807) is 18.2 Å². The summed E-state index contributed by atoms with van der Waals surface area (Å²) >= 11 is 0. The number of phenolic OH excluding ortho intramolecular Hbond substituents is 2. The van der Waals surface area contributed by atoms with Gasteiger partial charge in [-0.15, -0.1) is 0 Å². The lowest BCUT2D eigenvalue weighted by atomic mass is 10.0. The van der Waals surface area contributed by atoms with Crippen molar-refractivity contribution in [1.82, 2.24) is 0 Å². The molecule has 0 saturated carbocycles. The summed E-state index contributed by atoms with van der Waals surface area (Å²) in [5.41, 5.74) is 0.693. The molecule has 0 atom stereocenters. The van der Waals surface area contributed by atoms with E-state index < -0.39 is 0 Å². The van der Waals surface area contributed by atoms with E-state index in [0.29, 0.717) is 5.56 Å². The summed E-state index contributed by atoms with van der Waals surface area (Å²) in [5, 5.41) is 19.1. The first-order valence-electron chi connectivity index (χ1n) is 6.25. The molecule has 0 aromatic heterocycles. The van der Waals surface area contributed by atoms with Crippen molar-refractivity contribution >= 4 is 0 Å². The van der Waals surface area contributed by atoms with Gasteiger partial charge < -0.3 is 10.2 Å². The zero-order valence-electron chi connectivity index (χ0n) is 10.1. The lowest BCUT2D eigenvalue weighted by molar-refractivity contribution is 0.435. The van der Waals surface area contributed by atoms with Gasteiger partial charge in [-0.1, -0.05) is 45.1 Å². The molecular formula is C14H22O2. The monoisotopic (exact) mass is 222 g/mol. The smallest absolute Gasteiger partial charge is 0.122 e. The van der Waals surface area contributed by atoms with E-state index in [1.165, 1.54) is 32.1 Å².